The van der Waals surface area contributed by atoms with E-state index in [1.165, 1.54) is 107 Å². The highest BCUT2D eigenvalue weighted by Gasteiger charge is 2.47. The number of hydrogen-bond donors (Lipinski definition) is 0. The average molecular weight is 527 g/mol. The van der Waals surface area contributed by atoms with Gasteiger partial charge in [-0.3, -0.25) is 0 Å². The first-order chi connectivity index (χ1) is 18.1. The van der Waals surface area contributed by atoms with Crippen molar-refractivity contribution in [3.8, 4) is 0 Å². The molecule has 1 heterocycles. The van der Waals surface area contributed by atoms with Crippen molar-refractivity contribution in [3.63, 3.8) is 0 Å². The first-order valence-corrected chi connectivity index (χ1v) is 15.9. The normalized spacial score (nSPS) is 23.8. The Morgan fingerprint density at radius 3 is 1.82 bits per heavy atom. The van der Waals surface area contributed by atoms with Gasteiger partial charge in [-0.2, -0.15) is 0 Å². The lowest BCUT2D eigenvalue weighted by molar-refractivity contribution is -0.298. The van der Waals surface area contributed by atoms with E-state index >= 15 is 0 Å². The number of rotatable bonds is 14. The number of esters is 1. The van der Waals surface area contributed by atoms with E-state index < -0.39 is 11.1 Å². The second kappa shape index (κ2) is 14.8. The summed E-state index contributed by atoms with van der Waals surface area (Å²) in [5.74, 6) is 1.25. The zero-order chi connectivity index (χ0) is 27.6. The summed E-state index contributed by atoms with van der Waals surface area (Å²) in [5, 5.41) is 13.8. The van der Waals surface area contributed by atoms with Crippen molar-refractivity contribution >= 4 is 5.97 Å². The summed E-state index contributed by atoms with van der Waals surface area (Å²) >= 11 is 0. The van der Waals surface area contributed by atoms with Crippen molar-refractivity contribution in [3.05, 3.63) is 35.4 Å². The van der Waals surface area contributed by atoms with Crippen LogP contribution in [-0.2, 0) is 9.94 Å². The van der Waals surface area contributed by atoms with Crippen LogP contribution >= 0.6 is 0 Å². The molecule has 4 nitrogen and oxygen atoms in total. The average Bonchev–Trinajstić information content (AvgIpc) is 2.88. The van der Waals surface area contributed by atoms with Gasteiger partial charge in [0.05, 0.1) is 5.56 Å². The van der Waals surface area contributed by atoms with Crippen LogP contribution in [0.3, 0.4) is 0 Å². The van der Waals surface area contributed by atoms with Gasteiger partial charge in [-0.1, -0.05) is 89.7 Å². The maximum Gasteiger partial charge on any atom is 0.338 e. The zero-order valence-corrected chi connectivity index (χ0v) is 25.2. The smallest absolute Gasteiger partial charge is 0.338 e. The number of hydroxylamine groups is 2. The molecule has 0 atom stereocenters. The Morgan fingerprint density at radius 1 is 0.789 bits per heavy atom. The molecule has 38 heavy (non-hydrogen) atoms. The van der Waals surface area contributed by atoms with E-state index in [-0.39, 0.29) is 12.1 Å². The molecule has 0 N–H and O–H groups in total. The summed E-state index contributed by atoms with van der Waals surface area (Å²) in [4.78, 5) is 12.9. The number of benzene rings is 1. The fraction of sp³-hybridized carbons (Fsp3) is 0.794. The number of piperidine rings is 1. The highest BCUT2D eigenvalue weighted by molar-refractivity contribution is 5.89. The van der Waals surface area contributed by atoms with Crippen LogP contribution in [0.25, 0.3) is 0 Å². The van der Waals surface area contributed by atoms with Crippen molar-refractivity contribution in [2.45, 2.75) is 167 Å². The summed E-state index contributed by atoms with van der Waals surface area (Å²) in [6.07, 6.45) is 21.7. The predicted molar refractivity (Wildman–Crippen MR) is 157 cm³/mol. The van der Waals surface area contributed by atoms with Crippen LogP contribution in [0.15, 0.2) is 24.3 Å². The maximum absolute atomic E-state index is 12.9. The number of carbonyl (C=O) groups is 1. The number of unbranched alkanes of at least 4 members (excludes halogenated alkanes) is 9. The highest BCUT2D eigenvalue weighted by atomic mass is 16.5. The molecule has 0 aromatic heterocycles. The third kappa shape index (κ3) is 9.37. The van der Waals surface area contributed by atoms with E-state index in [1.807, 2.05) is 39.8 Å². The number of ether oxygens (including phenoxy) is 1. The molecule has 1 radical (unpaired) electrons. The van der Waals surface area contributed by atoms with Crippen molar-refractivity contribution in [1.82, 2.24) is 5.06 Å². The van der Waals surface area contributed by atoms with E-state index in [4.69, 9.17) is 4.74 Å². The lowest BCUT2D eigenvalue weighted by Crippen LogP contribution is -2.60. The van der Waals surface area contributed by atoms with Gasteiger partial charge in [0.15, 0.2) is 0 Å². The van der Waals surface area contributed by atoms with Gasteiger partial charge in [0, 0.05) is 23.9 Å². The van der Waals surface area contributed by atoms with Gasteiger partial charge < -0.3 is 4.74 Å². The Morgan fingerprint density at radius 2 is 1.29 bits per heavy atom. The second-order valence-electron chi connectivity index (χ2n) is 13.7. The molecule has 0 unspecified atom stereocenters. The van der Waals surface area contributed by atoms with Crippen LogP contribution in [0.5, 0.6) is 0 Å². The SMILES string of the molecule is CCCCCCCCCCCCC1CCC(c2ccc(C(=O)OC3CC(C)(C)N([O])C(C)(C)C3)cc2)CC1. The molecule has 1 aliphatic carbocycles. The Kier molecular flexibility index (Phi) is 12.2. The molecular formula is C34H56NO3. The van der Waals surface area contributed by atoms with Crippen LogP contribution in [0.2, 0.25) is 0 Å². The summed E-state index contributed by atoms with van der Waals surface area (Å²) in [5.41, 5.74) is 0.899. The highest BCUT2D eigenvalue weighted by Crippen LogP contribution is 2.39. The zero-order valence-electron chi connectivity index (χ0n) is 25.2. The van der Waals surface area contributed by atoms with Crippen molar-refractivity contribution in [2.75, 3.05) is 0 Å². The van der Waals surface area contributed by atoms with Gasteiger partial charge >= 0.3 is 5.97 Å². The number of carbonyl (C=O) groups excluding carboxylic acids is 1. The molecule has 2 aliphatic rings. The maximum atomic E-state index is 12.9. The van der Waals surface area contributed by atoms with Crippen molar-refractivity contribution in [2.24, 2.45) is 5.92 Å². The summed E-state index contributed by atoms with van der Waals surface area (Å²) in [7, 11) is 0. The second-order valence-corrected chi connectivity index (χ2v) is 13.7. The minimum Gasteiger partial charge on any atom is -0.459 e. The topological polar surface area (TPSA) is 49.4 Å². The van der Waals surface area contributed by atoms with E-state index in [2.05, 4.69) is 19.1 Å². The minimum atomic E-state index is -0.539. The quantitative estimate of drug-likeness (QED) is 0.179. The first-order valence-electron chi connectivity index (χ1n) is 15.9. The lowest BCUT2D eigenvalue weighted by Gasteiger charge is -2.49. The molecule has 4 heteroatoms. The summed E-state index contributed by atoms with van der Waals surface area (Å²) < 4.78 is 5.88. The van der Waals surface area contributed by atoms with Crippen molar-refractivity contribution in [1.29, 1.82) is 0 Å². The van der Waals surface area contributed by atoms with Crippen LogP contribution < -0.4 is 0 Å². The van der Waals surface area contributed by atoms with E-state index in [1.54, 1.807) is 0 Å². The van der Waals surface area contributed by atoms with Crippen LogP contribution in [-0.4, -0.2) is 28.2 Å². The first kappa shape index (κ1) is 31.1. The molecule has 0 amide bonds. The monoisotopic (exact) mass is 526 g/mol. The van der Waals surface area contributed by atoms with Gasteiger partial charge in [-0.15, -0.1) is 10.3 Å². The molecule has 3 rings (SSSR count). The third-order valence-corrected chi connectivity index (χ3v) is 9.26. The number of hydrogen-bond acceptors (Lipinski definition) is 3. The molecule has 1 aliphatic heterocycles. The van der Waals surface area contributed by atoms with Crippen LogP contribution in [0.4, 0.5) is 0 Å². The van der Waals surface area contributed by atoms with Crippen LogP contribution in [0.1, 0.15) is 166 Å². The third-order valence-electron chi connectivity index (χ3n) is 9.26. The molecule has 1 saturated heterocycles. The van der Waals surface area contributed by atoms with E-state index in [9.17, 15) is 10.0 Å². The molecule has 2 fully saturated rings. The standard InChI is InChI=1S/C34H56NO3/c1-6-7-8-9-10-11-12-13-14-15-16-27-17-19-28(20-18-27)29-21-23-30(24-22-29)32(36)38-31-25-33(2,3)35(37)34(4,5)26-31/h21-24,27-28,31H,6-20,25-26H2,1-5H3. The molecule has 0 spiro atoms. The lowest BCUT2D eigenvalue weighted by atomic mass is 9.77. The number of nitrogens with zero attached hydrogens (tertiary/aromatic N) is 1. The summed E-state index contributed by atoms with van der Waals surface area (Å²) in [6.45, 7) is 10.0. The molecule has 1 aromatic rings. The van der Waals surface area contributed by atoms with E-state index in [0.717, 1.165) is 5.92 Å². The molecule has 215 valence electrons. The Labute approximate surface area is 233 Å². The molecular weight excluding hydrogens is 470 g/mol. The van der Waals surface area contributed by atoms with Gasteiger partial charge in [0.1, 0.15) is 6.10 Å². The molecule has 0 bridgehead atoms. The Balaban J connectivity index is 1.33. The van der Waals surface area contributed by atoms with Crippen LogP contribution in [0, 0.1) is 5.92 Å². The predicted octanol–water partition coefficient (Wildman–Crippen LogP) is 9.80. The summed E-state index contributed by atoms with van der Waals surface area (Å²) in [6, 6.07) is 8.15. The van der Waals surface area contributed by atoms with Crippen molar-refractivity contribution < 1.29 is 14.7 Å². The molecule has 1 saturated carbocycles. The molecule has 1 aromatic carbocycles. The Bertz CT molecular complexity index is 805. The van der Waals surface area contributed by atoms with Gasteiger partial charge in [0.2, 0.25) is 0 Å². The van der Waals surface area contributed by atoms with Gasteiger partial charge in [-0.25, -0.2) is 4.79 Å². The fourth-order valence-corrected chi connectivity index (χ4v) is 7.07. The minimum absolute atomic E-state index is 0.233. The Hall–Kier alpha value is -1.39. The largest absolute Gasteiger partial charge is 0.459 e. The van der Waals surface area contributed by atoms with E-state index in [0.29, 0.717) is 24.3 Å². The fourth-order valence-electron chi connectivity index (χ4n) is 7.07. The van der Waals surface area contributed by atoms with Gasteiger partial charge in [0.25, 0.3) is 0 Å². The van der Waals surface area contributed by atoms with Gasteiger partial charge in [-0.05, 0) is 82.9 Å².